The van der Waals surface area contributed by atoms with Crippen LogP contribution in [0.25, 0.3) is 0 Å². The van der Waals surface area contributed by atoms with Crippen LogP contribution in [0.1, 0.15) is 107 Å². The van der Waals surface area contributed by atoms with Gasteiger partial charge in [0.05, 0.1) is 0 Å². The van der Waals surface area contributed by atoms with Crippen LogP contribution in [0.2, 0.25) is 0 Å². The summed E-state index contributed by atoms with van der Waals surface area (Å²) in [4.78, 5) is 0. The van der Waals surface area contributed by atoms with E-state index >= 15 is 0 Å². The summed E-state index contributed by atoms with van der Waals surface area (Å²) in [6.45, 7) is 17.5. The molecule has 4 rings (SSSR count). The van der Waals surface area contributed by atoms with Gasteiger partial charge in [-0.3, -0.25) is 0 Å². The van der Waals surface area contributed by atoms with Crippen molar-refractivity contribution < 1.29 is 39.0 Å². The monoisotopic (exact) mass is 712 g/mol. The van der Waals surface area contributed by atoms with E-state index in [1.165, 1.54) is 111 Å². The molecule has 0 heterocycles. The molecule has 4 fully saturated rings. The average molecular weight is 713 g/mol. The summed E-state index contributed by atoms with van der Waals surface area (Å²) in [5, 5.41) is 0. The van der Waals surface area contributed by atoms with Gasteiger partial charge < -0.3 is 0 Å². The van der Waals surface area contributed by atoms with Crippen molar-refractivity contribution in [1.29, 1.82) is 0 Å². The van der Waals surface area contributed by atoms with Gasteiger partial charge in [0.15, 0.2) is 0 Å². The zero-order valence-electron chi connectivity index (χ0n) is 26.1. The Labute approximate surface area is 278 Å². The first kappa shape index (κ1) is 40.5. The maximum atomic E-state index is 3.22. The second-order valence-corrected chi connectivity index (χ2v) is 10.6. The van der Waals surface area contributed by atoms with Gasteiger partial charge in [-0.15, -0.1) is 0 Å². The molecule has 0 aliphatic heterocycles. The van der Waals surface area contributed by atoms with Crippen LogP contribution < -0.4 is 0 Å². The molecule has 2 heteroatoms. The molecular formula is C38H50Rh2. The van der Waals surface area contributed by atoms with Crippen molar-refractivity contribution in [1.82, 2.24) is 0 Å². The number of rotatable bonds is 2. The van der Waals surface area contributed by atoms with Gasteiger partial charge in [-0.1, -0.05) is 66.9 Å². The van der Waals surface area contributed by atoms with E-state index in [0.717, 1.165) is 0 Å². The quantitative estimate of drug-likeness (QED) is 0.198. The number of hydrogen-bond donors (Lipinski definition) is 0. The van der Waals surface area contributed by atoms with Crippen molar-refractivity contribution in [2.75, 3.05) is 0 Å². The van der Waals surface area contributed by atoms with Crippen molar-refractivity contribution in [3.8, 4) is 0 Å². The minimum atomic E-state index is 0. The summed E-state index contributed by atoms with van der Waals surface area (Å²) in [6.07, 6.45) is 32.1. The first-order valence-electron chi connectivity index (χ1n) is 14.5. The van der Waals surface area contributed by atoms with Crippen LogP contribution in [0.15, 0.2) is 23.6 Å². The molecule has 20 radical (unpaired) electrons. The largest absolute Gasteiger partial charge is 0.0743 e. The molecule has 4 aliphatic carbocycles. The van der Waals surface area contributed by atoms with Gasteiger partial charge in [-0.05, 0) is 162 Å². The normalized spacial score (nSPS) is 24.3. The molecule has 0 amide bonds. The van der Waals surface area contributed by atoms with Crippen LogP contribution in [-0.4, -0.2) is 0 Å². The summed E-state index contributed by atoms with van der Waals surface area (Å²) < 4.78 is 0. The van der Waals surface area contributed by atoms with E-state index in [4.69, 9.17) is 0 Å². The minimum absolute atomic E-state index is 0. The van der Waals surface area contributed by atoms with Gasteiger partial charge in [0.25, 0.3) is 0 Å². The molecule has 0 aromatic carbocycles. The van der Waals surface area contributed by atoms with Gasteiger partial charge in [-0.25, -0.2) is 0 Å². The molecule has 0 atom stereocenters. The zero-order valence-corrected chi connectivity index (χ0v) is 29.4. The SMILES string of the molecule is C[C]1[C](C)[C](C)[C](C=C=C=C[C]2[C](C)[C](C)[C](C)[C]2C)[C]1C.[CH]1[CH]CC[CH][CH]CC1.[CH]1[CH]CC[CH][CH]CC1.[Rh].[Rh]. The third-order valence-electron chi connectivity index (χ3n) is 8.17. The fourth-order valence-corrected chi connectivity index (χ4v) is 4.87. The Morgan fingerprint density at radius 2 is 0.525 bits per heavy atom. The summed E-state index contributed by atoms with van der Waals surface area (Å²) in [5.41, 5.74) is 6.45. The van der Waals surface area contributed by atoms with Gasteiger partial charge >= 0.3 is 0 Å². The third-order valence-corrected chi connectivity index (χ3v) is 8.17. The Morgan fingerprint density at radius 3 is 0.700 bits per heavy atom. The van der Waals surface area contributed by atoms with Crippen molar-refractivity contribution in [3.63, 3.8) is 0 Å². The van der Waals surface area contributed by atoms with E-state index in [0.29, 0.717) is 0 Å². The van der Waals surface area contributed by atoms with E-state index in [1.807, 2.05) is 0 Å². The van der Waals surface area contributed by atoms with Crippen LogP contribution in [0.5, 0.6) is 0 Å². The molecule has 0 spiro atoms. The summed E-state index contributed by atoms with van der Waals surface area (Å²) in [6, 6.07) is 0. The fraction of sp³-hybridized carbons (Fsp3) is 0.421. The molecule has 0 N–H and O–H groups in total. The van der Waals surface area contributed by atoms with Crippen LogP contribution in [-0.2, 0) is 39.0 Å². The first-order valence-corrected chi connectivity index (χ1v) is 14.5. The smallest absolute Gasteiger partial charge is 0.0202 e. The molecule has 0 unspecified atom stereocenters. The van der Waals surface area contributed by atoms with E-state index in [1.54, 1.807) is 0 Å². The summed E-state index contributed by atoms with van der Waals surface area (Å²) >= 11 is 0. The van der Waals surface area contributed by atoms with E-state index in [9.17, 15) is 0 Å². The van der Waals surface area contributed by atoms with E-state index in [2.05, 4.69) is 130 Å². The maximum absolute atomic E-state index is 3.22. The van der Waals surface area contributed by atoms with Crippen molar-refractivity contribution in [3.05, 3.63) is 134 Å². The third kappa shape index (κ3) is 13.5. The fourth-order valence-electron chi connectivity index (χ4n) is 4.87. The molecule has 0 saturated heterocycles. The molecule has 0 aromatic heterocycles. The standard InChI is InChI=1S/C22H26.2C8H12.2Rh/c1-13-14(2)18(6)21(17(13)5)11-9-10-12-22-19(7)15(3)16(4)20(22)8;2*1-2-4-6-8-7-5-3-1;;/h11-12H,1-8H3;2*1-2,7-8H,3-6H2;;. The van der Waals surface area contributed by atoms with Crippen molar-refractivity contribution in [2.45, 2.75) is 107 Å². The molecule has 4 aliphatic rings. The van der Waals surface area contributed by atoms with Gasteiger partial charge in [0.1, 0.15) is 0 Å². The van der Waals surface area contributed by atoms with Crippen molar-refractivity contribution >= 4 is 0 Å². The van der Waals surface area contributed by atoms with Crippen LogP contribution in [0.4, 0.5) is 0 Å². The molecule has 0 bridgehead atoms. The summed E-state index contributed by atoms with van der Waals surface area (Å²) in [5.74, 6) is 13.6. The Kier molecular flexibility index (Phi) is 23.3. The molecule has 0 aromatic rings. The minimum Gasteiger partial charge on any atom is -0.0743 e. The van der Waals surface area contributed by atoms with Gasteiger partial charge in [-0.2, -0.15) is 0 Å². The topological polar surface area (TPSA) is 0 Å². The first-order chi connectivity index (χ1) is 18.3. The Balaban J connectivity index is 0.000000693. The maximum Gasteiger partial charge on any atom is 0.0202 e. The molecular weight excluding hydrogens is 662 g/mol. The second-order valence-electron chi connectivity index (χ2n) is 10.6. The van der Waals surface area contributed by atoms with Crippen LogP contribution >= 0.6 is 0 Å². The molecule has 220 valence electrons. The van der Waals surface area contributed by atoms with Gasteiger partial charge in [0.2, 0.25) is 0 Å². The Hall–Kier alpha value is 0.547. The average Bonchev–Trinajstić information content (AvgIpc) is 3.16. The van der Waals surface area contributed by atoms with Crippen LogP contribution in [0.3, 0.4) is 0 Å². The predicted molar refractivity (Wildman–Crippen MR) is 165 cm³/mol. The van der Waals surface area contributed by atoms with Gasteiger partial charge in [0, 0.05) is 50.8 Å². The molecule has 4 saturated carbocycles. The zero-order chi connectivity index (χ0) is 27.9. The van der Waals surface area contributed by atoms with E-state index in [-0.39, 0.29) is 39.0 Å². The molecule has 40 heavy (non-hydrogen) atoms. The van der Waals surface area contributed by atoms with E-state index < -0.39 is 0 Å². The summed E-state index contributed by atoms with van der Waals surface area (Å²) in [7, 11) is 0. The predicted octanol–water partition coefficient (Wildman–Crippen LogP) is 10.5. The van der Waals surface area contributed by atoms with Crippen LogP contribution in [0, 0.1) is 111 Å². The Morgan fingerprint density at radius 1 is 0.350 bits per heavy atom. The number of allylic oxidation sites excluding steroid dienone is 2. The molecule has 0 nitrogen and oxygen atoms in total. The Bertz CT molecular complexity index is 579. The van der Waals surface area contributed by atoms with Crippen molar-refractivity contribution in [2.24, 2.45) is 0 Å². The second kappa shape index (κ2) is 23.0. The number of hydrogen-bond acceptors (Lipinski definition) is 0.